The molecule has 0 aliphatic carbocycles. The van der Waals surface area contributed by atoms with Crippen LogP contribution in [0.15, 0.2) is 54.6 Å². The molecule has 0 aromatic heterocycles. The molecule has 0 saturated heterocycles. The van der Waals surface area contributed by atoms with E-state index in [1.54, 1.807) is 36.4 Å². The fourth-order valence-electron chi connectivity index (χ4n) is 2.31. The third kappa shape index (κ3) is 5.12. The number of carboxylic acids is 1. The molecule has 0 heterocycles. The number of carbonyl (C=O) groups is 2. The van der Waals surface area contributed by atoms with Crippen LogP contribution in [0.2, 0.25) is 0 Å². The second-order valence-electron chi connectivity index (χ2n) is 5.73. The van der Waals surface area contributed by atoms with Gasteiger partial charge in [0.15, 0.2) is 0 Å². The number of hydrogen-bond acceptors (Lipinski definition) is 3. The monoisotopic (exact) mass is 327 g/mol. The number of benzene rings is 2. The Kier molecular flexibility index (Phi) is 5.95. The zero-order chi connectivity index (χ0) is 17.5. The normalized spacial score (nSPS) is 11.8. The Balaban J connectivity index is 2.11. The smallest absolute Gasteiger partial charge is 0.305 e. The first-order chi connectivity index (χ1) is 11.5. The minimum atomic E-state index is -0.968. The molecule has 2 aromatic carbocycles. The van der Waals surface area contributed by atoms with Crippen LogP contribution in [0.4, 0.5) is 0 Å². The molecule has 5 nitrogen and oxygen atoms in total. The van der Waals surface area contributed by atoms with E-state index in [2.05, 4.69) is 5.32 Å². The van der Waals surface area contributed by atoms with Gasteiger partial charge < -0.3 is 15.2 Å². The molecule has 2 N–H and O–H groups in total. The van der Waals surface area contributed by atoms with Crippen molar-refractivity contribution in [1.82, 2.24) is 5.32 Å². The quantitative estimate of drug-likeness (QED) is 0.817. The maximum absolute atomic E-state index is 12.4. The second-order valence-corrected chi connectivity index (χ2v) is 5.73. The Morgan fingerprint density at radius 1 is 1.04 bits per heavy atom. The summed E-state index contributed by atoms with van der Waals surface area (Å²) >= 11 is 0. The van der Waals surface area contributed by atoms with Crippen LogP contribution in [0.5, 0.6) is 5.75 Å². The van der Waals surface area contributed by atoms with Gasteiger partial charge in [-0.05, 0) is 43.7 Å². The van der Waals surface area contributed by atoms with Crippen LogP contribution >= 0.6 is 0 Å². The van der Waals surface area contributed by atoms with Gasteiger partial charge >= 0.3 is 5.97 Å². The highest BCUT2D eigenvalue weighted by Crippen LogP contribution is 2.19. The van der Waals surface area contributed by atoms with Gasteiger partial charge in [0, 0.05) is 5.56 Å². The lowest BCUT2D eigenvalue weighted by atomic mass is 10.0. The number of amides is 1. The summed E-state index contributed by atoms with van der Waals surface area (Å²) in [5, 5.41) is 11.9. The van der Waals surface area contributed by atoms with Crippen molar-refractivity contribution < 1.29 is 19.4 Å². The summed E-state index contributed by atoms with van der Waals surface area (Å²) in [4.78, 5) is 23.5. The van der Waals surface area contributed by atoms with E-state index < -0.39 is 12.0 Å². The molecule has 0 bridgehead atoms. The Labute approximate surface area is 141 Å². The van der Waals surface area contributed by atoms with Crippen molar-refractivity contribution in [3.8, 4) is 5.75 Å². The van der Waals surface area contributed by atoms with E-state index in [1.807, 2.05) is 32.0 Å². The van der Waals surface area contributed by atoms with Crippen LogP contribution in [-0.4, -0.2) is 23.1 Å². The van der Waals surface area contributed by atoms with Gasteiger partial charge in [-0.1, -0.05) is 30.3 Å². The van der Waals surface area contributed by atoms with Gasteiger partial charge in [-0.2, -0.15) is 0 Å². The highest BCUT2D eigenvalue weighted by atomic mass is 16.5. The van der Waals surface area contributed by atoms with E-state index in [0.717, 1.165) is 5.56 Å². The van der Waals surface area contributed by atoms with E-state index >= 15 is 0 Å². The summed E-state index contributed by atoms with van der Waals surface area (Å²) < 4.78 is 5.54. The van der Waals surface area contributed by atoms with Crippen LogP contribution < -0.4 is 10.1 Å². The van der Waals surface area contributed by atoms with Crippen molar-refractivity contribution in [2.75, 3.05) is 0 Å². The van der Waals surface area contributed by atoms with Gasteiger partial charge in [0.2, 0.25) is 0 Å². The van der Waals surface area contributed by atoms with Gasteiger partial charge in [0.05, 0.1) is 18.6 Å². The molecule has 2 rings (SSSR count). The summed E-state index contributed by atoms with van der Waals surface area (Å²) in [5.41, 5.74) is 1.21. The Morgan fingerprint density at radius 3 is 2.21 bits per heavy atom. The number of rotatable bonds is 7. The average molecular weight is 327 g/mol. The van der Waals surface area contributed by atoms with Gasteiger partial charge in [-0.25, -0.2) is 0 Å². The van der Waals surface area contributed by atoms with Crippen molar-refractivity contribution in [2.24, 2.45) is 0 Å². The molecule has 0 aliphatic rings. The summed E-state index contributed by atoms with van der Waals surface area (Å²) in [6, 6.07) is 15.3. The molecule has 0 unspecified atom stereocenters. The first kappa shape index (κ1) is 17.5. The first-order valence-electron chi connectivity index (χ1n) is 7.80. The van der Waals surface area contributed by atoms with E-state index in [0.29, 0.717) is 11.3 Å². The Hall–Kier alpha value is -2.82. The van der Waals surface area contributed by atoms with Crippen molar-refractivity contribution in [2.45, 2.75) is 32.4 Å². The lowest BCUT2D eigenvalue weighted by Gasteiger charge is -2.17. The molecular weight excluding hydrogens is 306 g/mol. The third-order valence-corrected chi connectivity index (χ3v) is 3.37. The third-order valence-electron chi connectivity index (χ3n) is 3.37. The lowest BCUT2D eigenvalue weighted by molar-refractivity contribution is -0.137. The summed E-state index contributed by atoms with van der Waals surface area (Å²) in [6.45, 7) is 3.86. The highest BCUT2D eigenvalue weighted by Gasteiger charge is 2.18. The fourth-order valence-corrected chi connectivity index (χ4v) is 2.31. The van der Waals surface area contributed by atoms with Gasteiger partial charge in [0.1, 0.15) is 5.75 Å². The highest BCUT2D eigenvalue weighted by molar-refractivity contribution is 5.94. The summed E-state index contributed by atoms with van der Waals surface area (Å²) in [7, 11) is 0. The molecule has 0 saturated carbocycles. The summed E-state index contributed by atoms with van der Waals surface area (Å²) in [5.74, 6) is -0.599. The molecule has 0 spiro atoms. The standard InChI is InChI=1S/C19H21NO4/c1-13(2)24-16-10-8-15(9-11-16)19(23)20-17(12-18(21)22)14-6-4-3-5-7-14/h3-11,13,17H,12H2,1-2H3,(H,20,23)(H,21,22)/t17-/m0/s1. The van der Waals surface area contributed by atoms with Gasteiger partial charge in [0.25, 0.3) is 5.91 Å². The van der Waals surface area contributed by atoms with Gasteiger partial charge in [-0.15, -0.1) is 0 Å². The maximum atomic E-state index is 12.4. The molecule has 1 amide bonds. The predicted octanol–water partition coefficient (Wildman–Crippen LogP) is 3.42. The molecule has 0 radical (unpaired) electrons. The van der Waals surface area contributed by atoms with Crippen LogP contribution in [0.1, 0.15) is 42.2 Å². The van der Waals surface area contributed by atoms with Crippen LogP contribution in [-0.2, 0) is 4.79 Å². The van der Waals surface area contributed by atoms with Crippen LogP contribution in [0, 0.1) is 0 Å². The topological polar surface area (TPSA) is 75.6 Å². The SMILES string of the molecule is CC(C)Oc1ccc(C(=O)N[C@@H](CC(=O)O)c2ccccc2)cc1. The number of carboxylic acid groups (broad SMARTS) is 1. The van der Waals surface area contributed by atoms with Crippen molar-refractivity contribution >= 4 is 11.9 Å². The lowest BCUT2D eigenvalue weighted by Crippen LogP contribution is -2.30. The maximum Gasteiger partial charge on any atom is 0.305 e. The number of nitrogens with one attached hydrogen (secondary N) is 1. The predicted molar refractivity (Wildman–Crippen MR) is 91.1 cm³/mol. The minimum Gasteiger partial charge on any atom is -0.491 e. The van der Waals surface area contributed by atoms with E-state index in [9.17, 15) is 9.59 Å². The zero-order valence-corrected chi connectivity index (χ0v) is 13.7. The van der Waals surface area contributed by atoms with Crippen molar-refractivity contribution in [3.05, 3.63) is 65.7 Å². The van der Waals surface area contributed by atoms with E-state index in [1.165, 1.54) is 0 Å². The molecule has 0 fully saturated rings. The Morgan fingerprint density at radius 2 is 1.67 bits per heavy atom. The number of aliphatic carboxylic acids is 1. The van der Waals surface area contributed by atoms with Gasteiger partial charge in [-0.3, -0.25) is 9.59 Å². The molecule has 1 atom stereocenters. The molecule has 126 valence electrons. The first-order valence-corrected chi connectivity index (χ1v) is 7.80. The van der Waals surface area contributed by atoms with Crippen molar-refractivity contribution in [3.63, 3.8) is 0 Å². The zero-order valence-electron chi connectivity index (χ0n) is 13.7. The molecular formula is C19H21NO4. The average Bonchev–Trinajstić information content (AvgIpc) is 2.54. The van der Waals surface area contributed by atoms with Crippen LogP contribution in [0.3, 0.4) is 0 Å². The number of ether oxygens (including phenoxy) is 1. The van der Waals surface area contributed by atoms with Crippen molar-refractivity contribution in [1.29, 1.82) is 0 Å². The summed E-state index contributed by atoms with van der Waals surface area (Å²) in [6.07, 6.45) is -0.118. The molecule has 2 aromatic rings. The molecule has 0 aliphatic heterocycles. The second kappa shape index (κ2) is 8.15. The number of carbonyl (C=O) groups excluding carboxylic acids is 1. The molecule has 24 heavy (non-hydrogen) atoms. The van der Waals surface area contributed by atoms with Crippen LogP contribution in [0.25, 0.3) is 0 Å². The number of hydrogen-bond donors (Lipinski definition) is 2. The Bertz CT molecular complexity index is 680. The molecule has 5 heteroatoms. The fraction of sp³-hybridized carbons (Fsp3) is 0.263. The largest absolute Gasteiger partial charge is 0.491 e. The van der Waals surface area contributed by atoms with E-state index in [4.69, 9.17) is 9.84 Å². The minimum absolute atomic E-state index is 0.0581. The van der Waals surface area contributed by atoms with E-state index in [-0.39, 0.29) is 18.4 Å².